The molecule has 0 N–H and O–H groups in total. The number of hydrogen-bond acceptors (Lipinski definition) is 2. The molecular formula is C13H18O2. The van der Waals surface area contributed by atoms with Gasteiger partial charge in [0.1, 0.15) is 0 Å². The van der Waals surface area contributed by atoms with Crippen LogP contribution in [0.25, 0.3) is 0 Å². The molecule has 0 radical (unpaired) electrons. The van der Waals surface area contributed by atoms with Crippen LogP contribution in [-0.4, -0.2) is 12.6 Å². The van der Waals surface area contributed by atoms with Crippen molar-refractivity contribution in [2.45, 2.75) is 45.4 Å². The van der Waals surface area contributed by atoms with Gasteiger partial charge in [0, 0.05) is 18.8 Å². The van der Waals surface area contributed by atoms with E-state index in [0.717, 1.165) is 38.5 Å². The number of esters is 1. The van der Waals surface area contributed by atoms with Crippen LogP contribution in [0.2, 0.25) is 0 Å². The fraction of sp³-hybridized carbons (Fsp3) is 0.769. The molecule has 2 aliphatic rings. The van der Waals surface area contributed by atoms with E-state index in [4.69, 9.17) is 4.74 Å². The summed E-state index contributed by atoms with van der Waals surface area (Å²) in [5, 5.41) is 0. The van der Waals surface area contributed by atoms with E-state index in [0.29, 0.717) is 12.5 Å². The van der Waals surface area contributed by atoms with Gasteiger partial charge in [-0.3, -0.25) is 4.79 Å². The molecule has 2 rings (SSSR count). The minimum Gasteiger partial charge on any atom is -0.465 e. The number of cyclic esters (lactones) is 1. The van der Waals surface area contributed by atoms with Gasteiger partial charge in [0.2, 0.25) is 0 Å². The predicted octanol–water partition coefficient (Wildman–Crippen LogP) is 2.52. The van der Waals surface area contributed by atoms with Gasteiger partial charge in [0.05, 0.1) is 12.0 Å². The Morgan fingerprint density at radius 3 is 3.20 bits per heavy atom. The van der Waals surface area contributed by atoms with Crippen LogP contribution < -0.4 is 0 Å². The van der Waals surface area contributed by atoms with Gasteiger partial charge in [-0.15, -0.1) is 11.8 Å². The number of ether oxygens (including phenoxy) is 1. The molecule has 1 aliphatic carbocycles. The summed E-state index contributed by atoms with van der Waals surface area (Å²) in [6, 6.07) is 0. The zero-order valence-electron chi connectivity index (χ0n) is 9.34. The molecule has 0 aromatic heterocycles. The van der Waals surface area contributed by atoms with Gasteiger partial charge >= 0.3 is 5.97 Å². The molecule has 82 valence electrons. The van der Waals surface area contributed by atoms with Crippen molar-refractivity contribution in [3.05, 3.63) is 0 Å². The highest BCUT2D eigenvalue weighted by Gasteiger charge is 2.54. The van der Waals surface area contributed by atoms with E-state index in [-0.39, 0.29) is 11.4 Å². The van der Waals surface area contributed by atoms with E-state index in [1.165, 1.54) is 0 Å². The van der Waals surface area contributed by atoms with E-state index in [2.05, 4.69) is 18.8 Å². The Hall–Kier alpha value is -0.970. The number of hydrogen-bond donors (Lipinski definition) is 0. The van der Waals surface area contributed by atoms with Crippen molar-refractivity contribution in [2.75, 3.05) is 6.61 Å². The fourth-order valence-electron chi connectivity index (χ4n) is 2.71. The van der Waals surface area contributed by atoms with Crippen LogP contribution in [0.1, 0.15) is 45.4 Å². The van der Waals surface area contributed by atoms with Crippen molar-refractivity contribution in [1.82, 2.24) is 0 Å². The van der Waals surface area contributed by atoms with Crippen LogP contribution >= 0.6 is 0 Å². The Balaban J connectivity index is 2.04. The molecule has 0 unspecified atom stereocenters. The van der Waals surface area contributed by atoms with E-state index in [1.54, 1.807) is 0 Å². The molecule has 0 bridgehead atoms. The maximum atomic E-state index is 11.8. The molecule has 1 saturated heterocycles. The van der Waals surface area contributed by atoms with Gasteiger partial charge in [-0.2, -0.15) is 0 Å². The van der Waals surface area contributed by atoms with Crippen molar-refractivity contribution >= 4 is 5.97 Å². The summed E-state index contributed by atoms with van der Waals surface area (Å²) in [7, 11) is 0. The molecule has 1 saturated carbocycles. The smallest absolute Gasteiger partial charge is 0.313 e. The zero-order chi connectivity index (χ0) is 10.7. The van der Waals surface area contributed by atoms with Crippen LogP contribution in [0.5, 0.6) is 0 Å². The van der Waals surface area contributed by atoms with E-state index >= 15 is 0 Å². The standard InChI is InChI=1S/C13H18O2/c1-2-3-4-5-8-13-9-6-7-11(13)10-15-12(13)14/h11H,2-3,6-10H2,1H3/t11-,13-/m0/s1. The second-order valence-corrected chi connectivity index (χ2v) is 4.62. The van der Waals surface area contributed by atoms with Crippen molar-refractivity contribution in [3.63, 3.8) is 0 Å². The molecule has 0 amide bonds. The Labute approximate surface area is 91.4 Å². The third kappa shape index (κ3) is 1.76. The summed E-state index contributed by atoms with van der Waals surface area (Å²) < 4.78 is 5.17. The number of unbranched alkanes of at least 4 members (excludes halogenated alkanes) is 1. The van der Waals surface area contributed by atoms with E-state index in [1.807, 2.05) is 0 Å². The minimum atomic E-state index is -0.221. The summed E-state index contributed by atoms with van der Waals surface area (Å²) in [4.78, 5) is 11.8. The Kier molecular flexibility index (Phi) is 3.00. The molecule has 2 atom stereocenters. The molecule has 0 aromatic rings. The van der Waals surface area contributed by atoms with Gasteiger partial charge in [-0.25, -0.2) is 0 Å². The number of carbonyl (C=O) groups excluding carboxylic acids is 1. The second-order valence-electron chi connectivity index (χ2n) is 4.62. The molecule has 2 heteroatoms. The zero-order valence-corrected chi connectivity index (χ0v) is 9.34. The monoisotopic (exact) mass is 206 g/mol. The van der Waals surface area contributed by atoms with Crippen molar-refractivity contribution in [2.24, 2.45) is 11.3 Å². The second kappa shape index (κ2) is 4.26. The van der Waals surface area contributed by atoms with Crippen LogP contribution in [0.4, 0.5) is 0 Å². The molecule has 0 aromatic carbocycles. The summed E-state index contributed by atoms with van der Waals surface area (Å²) in [6.07, 6.45) is 6.04. The molecular weight excluding hydrogens is 188 g/mol. The Morgan fingerprint density at radius 2 is 2.40 bits per heavy atom. The van der Waals surface area contributed by atoms with Gasteiger partial charge in [-0.1, -0.05) is 13.3 Å². The number of rotatable bonds is 2. The van der Waals surface area contributed by atoms with E-state index < -0.39 is 0 Å². The average Bonchev–Trinajstić information content (AvgIpc) is 2.76. The SMILES string of the molecule is CCCC#CC[C@]12CCC[C@H]1COC2=O. The van der Waals surface area contributed by atoms with Crippen LogP contribution in [0.15, 0.2) is 0 Å². The first-order valence-electron chi connectivity index (χ1n) is 5.92. The Morgan fingerprint density at radius 1 is 1.53 bits per heavy atom. The highest BCUT2D eigenvalue weighted by molar-refractivity contribution is 5.80. The number of fused-ring (bicyclic) bond motifs is 1. The van der Waals surface area contributed by atoms with Crippen LogP contribution in [-0.2, 0) is 9.53 Å². The molecule has 2 nitrogen and oxygen atoms in total. The van der Waals surface area contributed by atoms with Gasteiger partial charge in [0.15, 0.2) is 0 Å². The number of carbonyl (C=O) groups is 1. The lowest BCUT2D eigenvalue weighted by Gasteiger charge is -2.20. The predicted molar refractivity (Wildman–Crippen MR) is 58.0 cm³/mol. The molecule has 1 heterocycles. The third-order valence-electron chi connectivity index (χ3n) is 3.68. The first-order chi connectivity index (χ1) is 7.29. The normalized spacial score (nSPS) is 33.1. The van der Waals surface area contributed by atoms with Gasteiger partial charge in [-0.05, 0) is 19.3 Å². The van der Waals surface area contributed by atoms with Gasteiger partial charge < -0.3 is 4.74 Å². The average molecular weight is 206 g/mol. The summed E-state index contributed by atoms with van der Waals surface area (Å²) in [5.41, 5.74) is -0.221. The van der Waals surface area contributed by atoms with E-state index in [9.17, 15) is 4.79 Å². The minimum absolute atomic E-state index is 0.01000. The molecule has 1 aliphatic heterocycles. The lowest BCUT2D eigenvalue weighted by Crippen LogP contribution is -2.28. The van der Waals surface area contributed by atoms with Crippen molar-refractivity contribution in [3.8, 4) is 11.8 Å². The lowest BCUT2D eigenvalue weighted by atomic mass is 9.77. The highest BCUT2D eigenvalue weighted by Crippen LogP contribution is 2.50. The van der Waals surface area contributed by atoms with Crippen molar-refractivity contribution < 1.29 is 9.53 Å². The maximum Gasteiger partial charge on any atom is 0.313 e. The maximum absolute atomic E-state index is 11.8. The Bertz CT molecular complexity index is 310. The molecule has 15 heavy (non-hydrogen) atoms. The topological polar surface area (TPSA) is 26.3 Å². The molecule has 0 spiro atoms. The fourth-order valence-corrected chi connectivity index (χ4v) is 2.71. The third-order valence-corrected chi connectivity index (χ3v) is 3.68. The van der Waals surface area contributed by atoms with Crippen LogP contribution in [0, 0.1) is 23.2 Å². The van der Waals surface area contributed by atoms with Crippen molar-refractivity contribution in [1.29, 1.82) is 0 Å². The van der Waals surface area contributed by atoms with Crippen LogP contribution in [0.3, 0.4) is 0 Å². The lowest BCUT2D eigenvalue weighted by molar-refractivity contribution is -0.146. The largest absolute Gasteiger partial charge is 0.465 e. The first kappa shape index (κ1) is 10.5. The quantitative estimate of drug-likeness (QED) is 0.512. The van der Waals surface area contributed by atoms with Gasteiger partial charge in [0.25, 0.3) is 0 Å². The summed E-state index contributed by atoms with van der Waals surface area (Å²) in [5.74, 6) is 6.76. The first-order valence-corrected chi connectivity index (χ1v) is 5.92. The summed E-state index contributed by atoms with van der Waals surface area (Å²) in [6.45, 7) is 2.75. The molecule has 2 fully saturated rings. The highest BCUT2D eigenvalue weighted by atomic mass is 16.5. The summed E-state index contributed by atoms with van der Waals surface area (Å²) >= 11 is 0.